The zero-order chi connectivity index (χ0) is 43.2. The van der Waals surface area contributed by atoms with Crippen LogP contribution in [0, 0.1) is 41.5 Å². The quantitative estimate of drug-likeness (QED) is 0.158. The number of hydrogen-bond acceptors (Lipinski definition) is 2. The van der Waals surface area contributed by atoms with Crippen LogP contribution in [0.3, 0.4) is 0 Å². The molecule has 0 saturated carbocycles. The second kappa shape index (κ2) is 14.5. The molecule has 0 heterocycles. The Morgan fingerprint density at radius 2 is 0.645 bits per heavy atom. The topological polar surface area (TPSA) is 6.48 Å². The highest BCUT2D eigenvalue weighted by Gasteiger charge is 2.37. The Morgan fingerprint density at radius 3 is 1.03 bits per heavy atom. The van der Waals surface area contributed by atoms with Gasteiger partial charge in [0.25, 0.3) is 0 Å². The van der Waals surface area contributed by atoms with Gasteiger partial charge in [0.1, 0.15) is 0 Å². The SMILES string of the molecule is Cc1cc(C)c(N(c2cccc(-c3cccc(N(c4ccc5c(c4)C(C)(C)c4ccccc4-5)c4c(C)cc(C)cc4C)c3)c2)c2ccc3c(c2)C(C)(C)c2ccccc2-3)c(C)c1. The van der Waals surface area contributed by atoms with Gasteiger partial charge in [0.2, 0.25) is 0 Å². The lowest BCUT2D eigenvalue weighted by Crippen LogP contribution is -2.17. The molecule has 0 N–H and O–H groups in total. The van der Waals surface area contributed by atoms with E-state index < -0.39 is 0 Å². The number of rotatable bonds is 7. The van der Waals surface area contributed by atoms with Gasteiger partial charge in [0, 0.05) is 33.6 Å². The molecule has 0 saturated heterocycles. The minimum Gasteiger partial charge on any atom is -0.310 e. The van der Waals surface area contributed by atoms with E-state index in [2.05, 4.69) is 237 Å². The summed E-state index contributed by atoms with van der Waals surface area (Å²) >= 11 is 0. The number of aryl methyl sites for hydroxylation is 6. The van der Waals surface area contributed by atoms with Crippen LogP contribution in [-0.2, 0) is 10.8 Å². The predicted octanol–water partition coefficient (Wildman–Crippen LogP) is 16.8. The van der Waals surface area contributed by atoms with Crippen LogP contribution < -0.4 is 9.80 Å². The maximum absolute atomic E-state index is 2.49. The maximum Gasteiger partial charge on any atom is 0.0520 e. The molecule has 0 unspecified atom stereocenters. The summed E-state index contributed by atoms with van der Waals surface area (Å²) in [5.41, 5.74) is 27.7. The van der Waals surface area contributed by atoms with Crippen molar-refractivity contribution in [3.63, 3.8) is 0 Å². The highest BCUT2D eigenvalue weighted by Crippen LogP contribution is 2.53. The molecule has 8 aromatic carbocycles. The van der Waals surface area contributed by atoms with Crippen molar-refractivity contribution in [2.75, 3.05) is 9.80 Å². The smallest absolute Gasteiger partial charge is 0.0520 e. The van der Waals surface area contributed by atoms with Gasteiger partial charge in [-0.05, 0) is 168 Å². The fraction of sp³-hybridized carbons (Fsp3) is 0.200. The lowest BCUT2D eigenvalue weighted by molar-refractivity contribution is 0.660. The summed E-state index contributed by atoms with van der Waals surface area (Å²) in [6.45, 7) is 22.9. The van der Waals surface area contributed by atoms with Crippen molar-refractivity contribution in [3.8, 4) is 33.4 Å². The third-order valence-electron chi connectivity index (χ3n) is 13.9. The van der Waals surface area contributed by atoms with Crippen LogP contribution in [0.1, 0.15) is 83.3 Å². The van der Waals surface area contributed by atoms with Crippen LogP contribution in [0.25, 0.3) is 33.4 Å². The van der Waals surface area contributed by atoms with Crippen molar-refractivity contribution >= 4 is 34.1 Å². The summed E-state index contributed by atoms with van der Waals surface area (Å²) in [5, 5.41) is 0. The first kappa shape index (κ1) is 39.5. The van der Waals surface area contributed by atoms with Crippen LogP contribution in [0.5, 0.6) is 0 Å². The fourth-order valence-corrected chi connectivity index (χ4v) is 11.2. The van der Waals surface area contributed by atoms with Crippen molar-refractivity contribution in [1.82, 2.24) is 0 Å². The van der Waals surface area contributed by atoms with Crippen molar-refractivity contribution in [2.45, 2.75) is 80.1 Å². The average molecular weight is 805 g/mol. The van der Waals surface area contributed by atoms with E-state index in [-0.39, 0.29) is 10.8 Å². The molecule has 62 heavy (non-hydrogen) atoms. The predicted molar refractivity (Wildman–Crippen MR) is 265 cm³/mol. The van der Waals surface area contributed by atoms with Gasteiger partial charge in [-0.25, -0.2) is 0 Å². The summed E-state index contributed by atoms with van der Waals surface area (Å²) in [6, 6.07) is 59.6. The van der Waals surface area contributed by atoms with Crippen LogP contribution in [0.4, 0.5) is 34.1 Å². The molecular weight excluding hydrogens is 749 g/mol. The first-order chi connectivity index (χ1) is 29.7. The van der Waals surface area contributed by atoms with Crippen LogP contribution in [-0.4, -0.2) is 0 Å². The van der Waals surface area contributed by atoms with Crippen LogP contribution in [0.15, 0.2) is 158 Å². The van der Waals surface area contributed by atoms with Gasteiger partial charge in [-0.1, -0.05) is 148 Å². The molecule has 2 nitrogen and oxygen atoms in total. The second-order valence-electron chi connectivity index (χ2n) is 19.1. The van der Waals surface area contributed by atoms with Gasteiger partial charge in [-0.2, -0.15) is 0 Å². The van der Waals surface area contributed by atoms with E-state index in [1.807, 2.05) is 0 Å². The Labute approximate surface area is 369 Å². The summed E-state index contributed by atoms with van der Waals surface area (Å²) in [4.78, 5) is 4.98. The minimum absolute atomic E-state index is 0.105. The van der Waals surface area contributed by atoms with Gasteiger partial charge < -0.3 is 9.80 Å². The molecule has 10 rings (SSSR count). The fourth-order valence-electron chi connectivity index (χ4n) is 11.2. The molecule has 2 aliphatic carbocycles. The summed E-state index contributed by atoms with van der Waals surface area (Å²) in [7, 11) is 0. The normalized spacial score (nSPS) is 13.9. The summed E-state index contributed by atoms with van der Waals surface area (Å²) < 4.78 is 0. The zero-order valence-corrected chi connectivity index (χ0v) is 37.9. The van der Waals surface area contributed by atoms with E-state index >= 15 is 0 Å². The minimum atomic E-state index is -0.105. The molecule has 0 bridgehead atoms. The van der Waals surface area contributed by atoms with Gasteiger partial charge in [-0.15, -0.1) is 0 Å². The average Bonchev–Trinajstić information content (AvgIpc) is 3.62. The molecule has 0 fully saturated rings. The molecule has 0 radical (unpaired) electrons. The van der Waals surface area contributed by atoms with Gasteiger partial charge in [0.05, 0.1) is 11.4 Å². The van der Waals surface area contributed by atoms with Gasteiger partial charge >= 0.3 is 0 Å². The maximum atomic E-state index is 2.49. The molecule has 0 spiro atoms. The number of nitrogens with zero attached hydrogens (tertiary/aromatic N) is 2. The Morgan fingerprint density at radius 1 is 0.306 bits per heavy atom. The van der Waals surface area contributed by atoms with E-state index in [9.17, 15) is 0 Å². The summed E-state index contributed by atoms with van der Waals surface area (Å²) in [5.74, 6) is 0. The van der Waals surface area contributed by atoms with E-state index in [0.717, 1.165) is 11.4 Å². The first-order valence-electron chi connectivity index (χ1n) is 22.2. The van der Waals surface area contributed by atoms with E-state index in [1.165, 1.54) is 112 Å². The number of benzene rings is 8. The van der Waals surface area contributed by atoms with E-state index in [4.69, 9.17) is 0 Å². The molecule has 2 heteroatoms. The van der Waals surface area contributed by atoms with Crippen molar-refractivity contribution in [3.05, 3.63) is 213 Å². The third-order valence-corrected chi connectivity index (χ3v) is 13.9. The largest absolute Gasteiger partial charge is 0.310 e. The van der Waals surface area contributed by atoms with Gasteiger partial charge in [-0.3, -0.25) is 0 Å². The Hall–Kier alpha value is -6.64. The number of hydrogen-bond donors (Lipinski definition) is 0. The van der Waals surface area contributed by atoms with Crippen molar-refractivity contribution < 1.29 is 0 Å². The Balaban J connectivity index is 1.11. The lowest BCUT2D eigenvalue weighted by atomic mass is 9.82. The number of fused-ring (bicyclic) bond motifs is 6. The van der Waals surface area contributed by atoms with E-state index in [0.29, 0.717) is 0 Å². The Bertz CT molecular complexity index is 2850. The second-order valence-corrected chi connectivity index (χ2v) is 19.1. The monoisotopic (exact) mass is 804 g/mol. The van der Waals surface area contributed by atoms with Crippen molar-refractivity contribution in [2.24, 2.45) is 0 Å². The number of anilines is 6. The van der Waals surface area contributed by atoms with Crippen LogP contribution >= 0.6 is 0 Å². The molecule has 0 aliphatic heterocycles. The lowest BCUT2D eigenvalue weighted by Gasteiger charge is -2.31. The third kappa shape index (κ3) is 6.22. The molecule has 8 aromatic rings. The van der Waals surface area contributed by atoms with E-state index in [1.54, 1.807) is 0 Å². The molecule has 0 amide bonds. The first-order valence-corrected chi connectivity index (χ1v) is 22.2. The molecule has 306 valence electrons. The molecule has 0 aromatic heterocycles. The highest BCUT2D eigenvalue weighted by atomic mass is 15.2. The van der Waals surface area contributed by atoms with Crippen molar-refractivity contribution in [1.29, 1.82) is 0 Å². The standard InChI is InChI=1S/C60H56N2/c1-37-29-39(3)57(40(4)30-37)61(47-25-27-51-49-21-11-13-23-53(49)59(7,8)55(51)35-47)45-19-15-17-43(33-45)44-18-16-20-46(34-44)62(58-41(5)31-38(2)32-42(58)6)48-26-28-52-50-22-12-14-24-54(50)60(9,10)56(52)36-48/h11-36H,1-10H3. The Kier molecular flexibility index (Phi) is 9.23. The highest BCUT2D eigenvalue weighted by molar-refractivity contribution is 5.90. The van der Waals surface area contributed by atoms with Gasteiger partial charge in [0.15, 0.2) is 0 Å². The summed E-state index contributed by atoms with van der Waals surface area (Å²) in [6.07, 6.45) is 0. The zero-order valence-electron chi connectivity index (χ0n) is 37.9. The molecule has 2 aliphatic rings. The van der Waals surface area contributed by atoms with Crippen LogP contribution in [0.2, 0.25) is 0 Å². The molecular formula is C60H56N2. The molecule has 0 atom stereocenters.